The van der Waals surface area contributed by atoms with Gasteiger partial charge in [0, 0.05) is 37.8 Å². The Morgan fingerprint density at radius 2 is 1.69 bits per heavy atom. The number of likely N-dealkylation sites (tertiary alicyclic amines) is 1. The molecule has 5 heteroatoms. The fourth-order valence-electron chi connectivity index (χ4n) is 5.52. The number of halogens is 3. The van der Waals surface area contributed by atoms with E-state index in [1.807, 2.05) is 6.07 Å². The Morgan fingerprint density at radius 1 is 0.962 bits per heavy atom. The molecule has 26 heavy (non-hydrogen) atoms. The third-order valence-corrected chi connectivity index (χ3v) is 6.88. The topological polar surface area (TPSA) is 6.48 Å². The molecule has 3 saturated carbocycles. The average Bonchev–Trinajstić information content (AvgIpc) is 3.50. The van der Waals surface area contributed by atoms with Crippen molar-refractivity contribution >= 4 is 0 Å². The molecule has 0 spiro atoms. The lowest BCUT2D eigenvalue weighted by molar-refractivity contribution is -0.137. The Bertz CT molecular complexity index is 653. The highest BCUT2D eigenvalue weighted by Gasteiger charge is 2.51. The SMILES string of the molecule is FC(F)(F)c1cccc(CN2C[C@@H]3CC[C@H](N(C4CC4)C4CC4)[C@@H]3C2)c1. The summed E-state index contributed by atoms with van der Waals surface area (Å²) in [5.41, 5.74) is 0.262. The van der Waals surface area contributed by atoms with E-state index in [0.717, 1.165) is 48.6 Å². The second kappa shape index (κ2) is 6.23. The first kappa shape index (κ1) is 17.1. The fraction of sp³-hybridized carbons (Fsp3) is 0.714. The predicted molar refractivity (Wildman–Crippen MR) is 94.6 cm³/mol. The first-order valence-corrected chi connectivity index (χ1v) is 10.1. The van der Waals surface area contributed by atoms with Gasteiger partial charge in [-0.2, -0.15) is 13.2 Å². The van der Waals surface area contributed by atoms with Gasteiger partial charge in [-0.1, -0.05) is 18.2 Å². The van der Waals surface area contributed by atoms with Crippen molar-refractivity contribution in [1.82, 2.24) is 9.80 Å². The van der Waals surface area contributed by atoms with Gasteiger partial charge in [-0.15, -0.1) is 0 Å². The molecule has 4 aliphatic rings. The van der Waals surface area contributed by atoms with E-state index < -0.39 is 11.7 Å². The van der Waals surface area contributed by atoms with Gasteiger partial charge >= 0.3 is 6.18 Å². The summed E-state index contributed by atoms with van der Waals surface area (Å²) in [5, 5.41) is 0. The molecule has 142 valence electrons. The van der Waals surface area contributed by atoms with Gasteiger partial charge in [0.1, 0.15) is 0 Å². The minimum absolute atomic E-state index is 0.527. The molecular weight excluding hydrogens is 337 g/mol. The van der Waals surface area contributed by atoms with Crippen LogP contribution in [0.25, 0.3) is 0 Å². The smallest absolute Gasteiger partial charge is 0.298 e. The van der Waals surface area contributed by atoms with Crippen molar-refractivity contribution < 1.29 is 13.2 Å². The summed E-state index contributed by atoms with van der Waals surface area (Å²) in [6, 6.07) is 8.27. The third-order valence-electron chi connectivity index (χ3n) is 6.88. The molecule has 1 aromatic rings. The molecule has 1 aliphatic heterocycles. The molecule has 4 fully saturated rings. The molecular formula is C21H27F3N2. The maximum atomic E-state index is 13.0. The summed E-state index contributed by atoms with van der Waals surface area (Å²) in [7, 11) is 0. The Labute approximate surface area is 153 Å². The van der Waals surface area contributed by atoms with E-state index in [1.54, 1.807) is 6.07 Å². The Morgan fingerprint density at radius 3 is 2.35 bits per heavy atom. The van der Waals surface area contributed by atoms with E-state index in [-0.39, 0.29) is 0 Å². The van der Waals surface area contributed by atoms with Crippen LogP contribution in [0.1, 0.15) is 49.7 Å². The van der Waals surface area contributed by atoms with Gasteiger partial charge in [0.15, 0.2) is 0 Å². The highest BCUT2D eigenvalue weighted by molar-refractivity contribution is 5.25. The van der Waals surface area contributed by atoms with Crippen molar-refractivity contribution in [2.75, 3.05) is 13.1 Å². The number of nitrogens with zero attached hydrogens (tertiary/aromatic N) is 2. The number of alkyl halides is 3. The first-order chi connectivity index (χ1) is 12.5. The minimum Gasteiger partial charge on any atom is -0.298 e. The summed E-state index contributed by atoms with van der Waals surface area (Å²) < 4.78 is 38.9. The lowest BCUT2D eigenvalue weighted by atomic mass is 9.96. The molecule has 3 aliphatic carbocycles. The van der Waals surface area contributed by atoms with Crippen LogP contribution in [0.15, 0.2) is 24.3 Å². The quantitative estimate of drug-likeness (QED) is 0.757. The van der Waals surface area contributed by atoms with Crippen LogP contribution in [0, 0.1) is 11.8 Å². The number of hydrogen-bond acceptors (Lipinski definition) is 2. The van der Waals surface area contributed by atoms with E-state index in [1.165, 1.54) is 50.7 Å². The molecule has 1 saturated heterocycles. The van der Waals surface area contributed by atoms with Crippen LogP contribution in [-0.4, -0.2) is 41.0 Å². The van der Waals surface area contributed by atoms with Crippen molar-refractivity contribution in [3.8, 4) is 0 Å². The molecule has 0 N–H and O–H groups in total. The highest BCUT2D eigenvalue weighted by atomic mass is 19.4. The summed E-state index contributed by atoms with van der Waals surface area (Å²) >= 11 is 0. The van der Waals surface area contributed by atoms with Gasteiger partial charge in [-0.25, -0.2) is 0 Å². The van der Waals surface area contributed by atoms with Crippen LogP contribution >= 0.6 is 0 Å². The van der Waals surface area contributed by atoms with E-state index in [4.69, 9.17) is 0 Å². The number of benzene rings is 1. The van der Waals surface area contributed by atoms with E-state index in [2.05, 4.69) is 9.80 Å². The second-order valence-electron chi connectivity index (χ2n) is 8.87. The highest BCUT2D eigenvalue weighted by Crippen LogP contribution is 2.48. The monoisotopic (exact) mass is 364 g/mol. The standard InChI is InChI=1S/C21H27F3N2/c22-21(23,24)16-3-1-2-14(10-16)11-25-12-15-4-9-20(19(15)13-25)26(17-5-6-17)18-7-8-18/h1-3,10,15,17-20H,4-9,11-13H2/t15-,19+,20-/m0/s1. The van der Waals surface area contributed by atoms with Crippen molar-refractivity contribution in [1.29, 1.82) is 0 Å². The fourth-order valence-corrected chi connectivity index (χ4v) is 5.52. The molecule has 1 aromatic carbocycles. The van der Waals surface area contributed by atoms with Crippen LogP contribution in [0.4, 0.5) is 13.2 Å². The Hall–Kier alpha value is -1.07. The third kappa shape index (κ3) is 3.29. The lowest BCUT2D eigenvalue weighted by Crippen LogP contribution is -2.43. The molecule has 0 radical (unpaired) electrons. The van der Waals surface area contributed by atoms with Gasteiger partial charge in [0.05, 0.1) is 5.56 Å². The molecule has 2 nitrogen and oxygen atoms in total. The Balaban J connectivity index is 1.26. The first-order valence-electron chi connectivity index (χ1n) is 10.1. The zero-order valence-corrected chi connectivity index (χ0v) is 15.1. The molecule has 0 bridgehead atoms. The van der Waals surface area contributed by atoms with E-state index >= 15 is 0 Å². The molecule has 3 atom stereocenters. The van der Waals surface area contributed by atoms with Crippen LogP contribution in [0.3, 0.4) is 0 Å². The summed E-state index contributed by atoms with van der Waals surface area (Å²) in [4.78, 5) is 5.26. The van der Waals surface area contributed by atoms with E-state index in [0.29, 0.717) is 6.54 Å². The van der Waals surface area contributed by atoms with Gasteiger partial charge in [0.25, 0.3) is 0 Å². The van der Waals surface area contributed by atoms with Gasteiger partial charge in [-0.05, 0) is 62.0 Å². The van der Waals surface area contributed by atoms with Gasteiger partial charge in [-0.3, -0.25) is 9.80 Å². The molecule has 0 amide bonds. The number of hydrogen-bond donors (Lipinski definition) is 0. The molecule has 0 aromatic heterocycles. The second-order valence-corrected chi connectivity index (χ2v) is 8.87. The normalized spacial score (nSPS) is 32.4. The number of rotatable bonds is 5. The zero-order chi connectivity index (χ0) is 17.9. The average molecular weight is 364 g/mol. The Kier molecular flexibility index (Phi) is 4.09. The van der Waals surface area contributed by atoms with Gasteiger partial charge < -0.3 is 0 Å². The zero-order valence-electron chi connectivity index (χ0n) is 15.1. The number of fused-ring (bicyclic) bond motifs is 1. The van der Waals surface area contributed by atoms with Crippen LogP contribution in [-0.2, 0) is 12.7 Å². The molecule has 0 unspecified atom stereocenters. The summed E-state index contributed by atoms with van der Waals surface area (Å²) in [6.45, 7) is 2.76. The summed E-state index contributed by atoms with van der Waals surface area (Å²) in [5.74, 6) is 1.47. The molecule has 1 heterocycles. The lowest BCUT2D eigenvalue weighted by Gasteiger charge is -2.33. The van der Waals surface area contributed by atoms with Crippen LogP contribution < -0.4 is 0 Å². The maximum Gasteiger partial charge on any atom is 0.416 e. The maximum absolute atomic E-state index is 13.0. The van der Waals surface area contributed by atoms with Gasteiger partial charge in [0.2, 0.25) is 0 Å². The van der Waals surface area contributed by atoms with Crippen molar-refractivity contribution in [2.24, 2.45) is 11.8 Å². The van der Waals surface area contributed by atoms with E-state index in [9.17, 15) is 13.2 Å². The van der Waals surface area contributed by atoms with Crippen molar-refractivity contribution in [2.45, 2.75) is 69.4 Å². The largest absolute Gasteiger partial charge is 0.416 e. The van der Waals surface area contributed by atoms with Crippen molar-refractivity contribution in [3.05, 3.63) is 35.4 Å². The summed E-state index contributed by atoms with van der Waals surface area (Å²) in [6.07, 6.45) is 3.87. The van der Waals surface area contributed by atoms with Crippen LogP contribution in [0.5, 0.6) is 0 Å². The molecule has 5 rings (SSSR count). The van der Waals surface area contributed by atoms with Crippen LogP contribution in [0.2, 0.25) is 0 Å². The minimum atomic E-state index is -4.25. The van der Waals surface area contributed by atoms with Crippen molar-refractivity contribution in [3.63, 3.8) is 0 Å². The predicted octanol–water partition coefficient (Wildman–Crippen LogP) is 4.54.